The van der Waals surface area contributed by atoms with Gasteiger partial charge in [-0.25, -0.2) is 0 Å². The first-order valence-electron chi connectivity index (χ1n) is 12.1. The van der Waals surface area contributed by atoms with Gasteiger partial charge in [0.15, 0.2) is 0 Å². The van der Waals surface area contributed by atoms with E-state index in [0.717, 1.165) is 12.8 Å². The zero-order valence-corrected chi connectivity index (χ0v) is 18.1. The molecule has 0 aliphatic carbocycles. The third-order valence-corrected chi connectivity index (χ3v) is 5.41. The van der Waals surface area contributed by atoms with Crippen LogP contribution < -0.4 is 0 Å². The molecule has 0 aromatic carbocycles. The van der Waals surface area contributed by atoms with Gasteiger partial charge >= 0.3 is 0 Å². The molecule has 0 saturated heterocycles. The molecule has 0 amide bonds. The lowest BCUT2D eigenvalue weighted by Crippen LogP contribution is -1.83. The molecular formula is C26H50. The average Bonchev–Trinajstić information content (AvgIpc) is 2.66. The molecule has 26 heavy (non-hydrogen) atoms. The Morgan fingerprint density at radius 2 is 0.538 bits per heavy atom. The molecule has 0 N–H and O–H groups in total. The summed E-state index contributed by atoms with van der Waals surface area (Å²) in [4.78, 5) is 0. The predicted molar refractivity (Wildman–Crippen MR) is 121 cm³/mol. The van der Waals surface area contributed by atoms with E-state index in [1.165, 1.54) is 128 Å². The molecule has 0 heterocycles. The van der Waals surface area contributed by atoms with Gasteiger partial charge in [-0.3, -0.25) is 0 Å². The van der Waals surface area contributed by atoms with Gasteiger partial charge in [0.05, 0.1) is 0 Å². The summed E-state index contributed by atoms with van der Waals surface area (Å²) in [6.45, 7) is 7.80. The quantitative estimate of drug-likeness (QED) is 0.133. The summed E-state index contributed by atoms with van der Waals surface area (Å²) in [5, 5.41) is 0. The van der Waals surface area contributed by atoms with Crippen LogP contribution >= 0.6 is 0 Å². The maximum atomic E-state index is 3.91. The molecule has 0 heteroatoms. The van der Waals surface area contributed by atoms with Gasteiger partial charge in [0.1, 0.15) is 0 Å². The summed E-state index contributed by atoms with van der Waals surface area (Å²) >= 11 is 0. The summed E-state index contributed by atoms with van der Waals surface area (Å²) in [5.74, 6) is 0. The third-order valence-electron chi connectivity index (χ3n) is 5.41. The lowest BCUT2D eigenvalue weighted by molar-refractivity contribution is 0.534. The molecule has 0 aliphatic rings. The largest absolute Gasteiger partial charge is 0.0885 e. The number of hydrogen-bond donors (Lipinski definition) is 0. The SMILES string of the molecule is [CH2]CCCCCCC=CCCCCCCCCCCCCCCCC[CH2]. The molecule has 2 radical (unpaired) electrons. The van der Waals surface area contributed by atoms with E-state index in [9.17, 15) is 0 Å². The van der Waals surface area contributed by atoms with Crippen LogP contribution in [0.3, 0.4) is 0 Å². The number of allylic oxidation sites excluding steroid dienone is 2. The maximum Gasteiger partial charge on any atom is -0.0351 e. The average molecular weight is 363 g/mol. The maximum absolute atomic E-state index is 3.91. The fourth-order valence-electron chi connectivity index (χ4n) is 3.59. The summed E-state index contributed by atoms with van der Waals surface area (Å²) in [6, 6.07) is 0. The topological polar surface area (TPSA) is 0 Å². The monoisotopic (exact) mass is 362 g/mol. The van der Waals surface area contributed by atoms with E-state index < -0.39 is 0 Å². The highest BCUT2D eigenvalue weighted by Gasteiger charge is 1.94. The molecular weight excluding hydrogens is 312 g/mol. The number of rotatable bonds is 22. The summed E-state index contributed by atoms with van der Waals surface area (Å²) < 4.78 is 0. The van der Waals surface area contributed by atoms with Crippen LogP contribution in [0.2, 0.25) is 0 Å². The minimum Gasteiger partial charge on any atom is -0.0885 e. The van der Waals surface area contributed by atoms with Gasteiger partial charge in [0.25, 0.3) is 0 Å². The van der Waals surface area contributed by atoms with E-state index in [-0.39, 0.29) is 0 Å². The zero-order valence-electron chi connectivity index (χ0n) is 18.1. The Hall–Kier alpha value is -0.260. The van der Waals surface area contributed by atoms with Crippen LogP contribution in [-0.2, 0) is 0 Å². The highest BCUT2D eigenvalue weighted by molar-refractivity contribution is 4.81. The van der Waals surface area contributed by atoms with E-state index >= 15 is 0 Å². The Balaban J connectivity index is 3.02. The van der Waals surface area contributed by atoms with Crippen LogP contribution in [0, 0.1) is 13.8 Å². The van der Waals surface area contributed by atoms with Crippen molar-refractivity contribution in [2.45, 2.75) is 141 Å². The first-order valence-corrected chi connectivity index (χ1v) is 12.1. The van der Waals surface area contributed by atoms with Crippen molar-refractivity contribution in [1.82, 2.24) is 0 Å². The lowest BCUT2D eigenvalue weighted by atomic mass is 10.0. The lowest BCUT2D eigenvalue weighted by Gasteiger charge is -2.03. The fourth-order valence-corrected chi connectivity index (χ4v) is 3.59. The zero-order chi connectivity index (χ0) is 19.0. The van der Waals surface area contributed by atoms with E-state index in [2.05, 4.69) is 26.0 Å². The standard InChI is InChI=1S/C26H50/c1-3-5-7-9-11-13-15-17-19-21-23-25-26-24-22-20-18-16-14-12-10-8-6-4-2/h15,17H,1-14,16,18-26H2. The van der Waals surface area contributed by atoms with E-state index in [1.54, 1.807) is 0 Å². The van der Waals surface area contributed by atoms with E-state index in [1.807, 2.05) is 0 Å². The van der Waals surface area contributed by atoms with Gasteiger partial charge in [0.2, 0.25) is 0 Å². The van der Waals surface area contributed by atoms with Crippen molar-refractivity contribution in [2.75, 3.05) is 0 Å². The molecule has 0 rings (SSSR count). The van der Waals surface area contributed by atoms with Gasteiger partial charge in [-0.05, 0) is 25.7 Å². The molecule has 0 saturated carbocycles. The first-order chi connectivity index (χ1) is 12.9. The summed E-state index contributed by atoms with van der Waals surface area (Å²) in [7, 11) is 0. The van der Waals surface area contributed by atoms with Crippen LogP contribution in [-0.4, -0.2) is 0 Å². The molecule has 154 valence electrons. The minimum atomic E-state index is 1.10. The molecule has 0 bridgehead atoms. The smallest absolute Gasteiger partial charge is 0.0351 e. The van der Waals surface area contributed by atoms with Crippen LogP contribution in [0.4, 0.5) is 0 Å². The highest BCUT2D eigenvalue weighted by Crippen LogP contribution is 2.14. The van der Waals surface area contributed by atoms with Crippen molar-refractivity contribution in [3.8, 4) is 0 Å². The van der Waals surface area contributed by atoms with Gasteiger partial charge in [-0.1, -0.05) is 142 Å². The van der Waals surface area contributed by atoms with Gasteiger partial charge in [-0.2, -0.15) is 0 Å². The van der Waals surface area contributed by atoms with E-state index in [4.69, 9.17) is 0 Å². The molecule has 0 fully saturated rings. The highest BCUT2D eigenvalue weighted by atomic mass is 14.0. The van der Waals surface area contributed by atoms with Crippen molar-refractivity contribution in [3.63, 3.8) is 0 Å². The third kappa shape index (κ3) is 23.7. The molecule has 0 spiro atoms. The molecule has 0 aromatic rings. The Morgan fingerprint density at radius 1 is 0.308 bits per heavy atom. The van der Waals surface area contributed by atoms with Crippen molar-refractivity contribution >= 4 is 0 Å². The van der Waals surface area contributed by atoms with Crippen LogP contribution in [0.25, 0.3) is 0 Å². The fraction of sp³-hybridized carbons (Fsp3) is 0.846. The minimum absolute atomic E-state index is 1.10. The molecule has 0 nitrogen and oxygen atoms in total. The van der Waals surface area contributed by atoms with Crippen LogP contribution in [0.15, 0.2) is 12.2 Å². The molecule has 0 aromatic heterocycles. The van der Waals surface area contributed by atoms with Crippen molar-refractivity contribution < 1.29 is 0 Å². The van der Waals surface area contributed by atoms with Gasteiger partial charge in [-0.15, -0.1) is 0 Å². The Morgan fingerprint density at radius 3 is 0.808 bits per heavy atom. The first kappa shape index (κ1) is 25.7. The Labute approximate surface area is 167 Å². The van der Waals surface area contributed by atoms with Crippen molar-refractivity contribution in [3.05, 3.63) is 26.0 Å². The normalized spacial score (nSPS) is 11.6. The second-order valence-electron chi connectivity index (χ2n) is 8.12. The van der Waals surface area contributed by atoms with Crippen molar-refractivity contribution in [1.29, 1.82) is 0 Å². The van der Waals surface area contributed by atoms with E-state index in [0.29, 0.717) is 0 Å². The summed E-state index contributed by atoms with van der Waals surface area (Å²) in [6.07, 6.45) is 35.2. The second-order valence-corrected chi connectivity index (χ2v) is 8.12. The number of unbranched alkanes of at least 4 members (excludes halogenated alkanes) is 20. The van der Waals surface area contributed by atoms with Crippen LogP contribution in [0.1, 0.15) is 141 Å². The van der Waals surface area contributed by atoms with Crippen LogP contribution in [0.5, 0.6) is 0 Å². The second kappa shape index (κ2) is 24.7. The Bertz CT molecular complexity index is 253. The summed E-state index contributed by atoms with van der Waals surface area (Å²) in [5.41, 5.74) is 0. The number of hydrogen-bond acceptors (Lipinski definition) is 0. The molecule has 0 aliphatic heterocycles. The van der Waals surface area contributed by atoms with Gasteiger partial charge in [0, 0.05) is 0 Å². The Kier molecular flexibility index (Phi) is 24.5. The molecule has 0 atom stereocenters. The van der Waals surface area contributed by atoms with Crippen molar-refractivity contribution in [2.24, 2.45) is 0 Å². The molecule has 0 unspecified atom stereocenters. The predicted octanol–water partition coefficient (Wildman–Crippen LogP) is 9.79. The van der Waals surface area contributed by atoms with Gasteiger partial charge < -0.3 is 0 Å².